The van der Waals surface area contributed by atoms with Crippen molar-refractivity contribution in [3.63, 3.8) is 0 Å². The fourth-order valence-electron chi connectivity index (χ4n) is 13.0. The van der Waals surface area contributed by atoms with E-state index in [1.165, 1.54) is 250 Å². The summed E-state index contributed by atoms with van der Waals surface area (Å²) in [7, 11) is -9.93. The number of carbonyl (C=O) groups excluding carboxylic acids is 4. The summed E-state index contributed by atoms with van der Waals surface area (Å²) < 4.78 is 68.8. The standard InChI is InChI=1S/C84H164O17P2/c1-8-9-10-11-12-13-14-15-16-17-18-19-20-21-22-23-24-29-39-46-53-60-67-83(88)100-79(71-94-81(86)65-58-51-44-37-28-26-25-27-34-41-48-55-62-75(2)3)73-98-102(90,91)96-69-78(85)70-97-103(92,93)99-74-80(101-84(89)68-61-54-47-40-33-31-36-43-50-57-64-77(6)7)72-95-82(87)66-59-52-45-38-32-30-35-42-49-56-63-76(4)5/h75-80,85H,8-74H2,1-7H3,(H,90,91)(H,92,93)/t78-,79-,80-/m1/s1. The molecule has 0 aromatic carbocycles. The maximum Gasteiger partial charge on any atom is 0.472 e. The first-order valence-electron chi connectivity index (χ1n) is 43.3. The third kappa shape index (κ3) is 78.0. The Hall–Kier alpha value is -1.94. The fraction of sp³-hybridized carbons (Fsp3) is 0.952. The lowest BCUT2D eigenvalue weighted by atomic mass is 10.0. The summed E-state index contributed by atoms with van der Waals surface area (Å²) in [4.78, 5) is 73.1. The predicted molar refractivity (Wildman–Crippen MR) is 423 cm³/mol. The van der Waals surface area contributed by atoms with E-state index in [0.29, 0.717) is 25.7 Å². The minimum Gasteiger partial charge on any atom is -0.462 e. The molecular weight excluding hydrogens is 1340 g/mol. The Kier molecular flexibility index (Phi) is 72.8. The largest absolute Gasteiger partial charge is 0.472 e. The van der Waals surface area contributed by atoms with Crippen LogP contribution in [0.1, 0.15) is 440 Å². The van der Waals surface area contributed by atoms with Gasteiger partial charge in [0.1, 0.15) is 19.3 Å². The zero-order valence-electron chi connectivity index (χ0n) is 67.8. The Balaban J connectivity index is 5.23. The molecule has 0 radical (unpaired) electrons. The molecule has 0 bridgehead atoms. The molecule has 0 heterocycles. The van der Waals surface area contributed by atoms with Crippen LogP contribution in [0.2, 0.25) is 0 Å². The van der Waals surface area contributed by atoms with Gasteiger partial charge in [0.25, 0.3) is 0 Å². The van der Waals surface area contributed by atoms with Crippen LogP contribution in [0.15, 0.2) is 0 Å². The lowest BCUT2D eigenvalue weighted by molar-refractivity contribution is -0.161. The number of phosphoric acid groups is 2. The highest BCUT2D eigenvalue weighted by atomic mass is 31.2. The van der Waals surface area contributed by atoms with Crippen LogP contribution in [0, 0.1) is 17.8 Å². The molecule has 103 heavy (non-hydrogen) atoms. The summed E-state index contributed by atoms with van der Waals surface area (Å²) in [5, 5.41) is 10.7. The van der Waals surface area contributed by atoms with Gasteiger partial charge in [-0.3, -0.25) is 37.3 Å². The third-order valence-corrected chi connectivity index (χ3v) is 21.5. The lowest BCUT2D eigenvalue weighted by Crippen LogP contribution is -2.30. The van der Waals surface area contributed by atoms with Gasteiger partial charge < -0.3 is 33.8 Å². The molecule has 19 heteroatoms. The van der Waals surface area contributed by atoms with Crippen LogP contribution in [0.5, 0.6) is 0 Å². The van der Waals surface area contributed by atoms with Crippen molar-refractivity contribution in [3.8, 4) is 0 Å². The molecule has 0 spiro atoms. The molecule has 0 amide bonds. The highest BCUT2D eigenvalue weighted by Gasteiger charge is 2.30. The molecule has 0 aliphatic rings. The van der Waals surface area contributed by atoms with Gasteiger partial charge in [-0.05, 0) is 43.4 Å². The zero-order valence-corrected chi connectivity index (χ0v) is 69.6. The van der Waals surface area contributed by atoms with E-state index in [1.54, 1.807) is 0 Å². The van der Waals surface area contributed by atoms with Crippen molar-refractivity contribution in [2.45, 2.75) is 458 Å². The molecule has 0 aliphatic carbocycles. The highest BCUT2D eigenvalue weighted by Crippen LogP contribution is 2.45. The van der Waals surface area contributed by atoms with E-state index in [0.717, 1.165) is 108 Å². The van der Waals surface area contributed by atoms with Gasteiger partial charge in [-0.15, -0.1) is 0 Å². The van der Waals surface area contributed by atoms with Crippen molar-refractivity contribution < 1.29 is 80.2 Å². The van der Waals surface area contributed by atoms with E-state index in [1.807, 2.05) is 0 Å². The number of hydrogen-bond donors (Lipinski definition) is 3. The van der Waals surface area contributed by atoms with E-state index in [2.05, 4.69) is 48.5 Å². The number of rotatable bonds is 82. The minimum atomic E-state index is -4.96. The number of hydrogen-bond acceptors (Lipinski definition) is 15. The van der Waals surface area contributed by atoms with Crippen molar-refractivity contribution in [3.05, 3.63) is 0 Å². The average Bonchev–Trinajstić information content (AvgIpc) is 0.921. The first-order valence-corrected chi connectivity index (χ1v) is 46.3. The highest BCUT2D eigenvalue weighted by molar-refractivity contribution is 7.47. The van der Waals surface area contributed by atoms with E-state index in [4.69, 9.17) is 37.0 Å². The zero-order chi connectivity index (χ0) is 75.8. The number of aliphatic hydroxyl groups excluding tert-OH is 1. The number of carbonyl (C=O) groups is 4. The van der Waals surface area contributed by atoms with Crippen LogP contribution in [0.25, 0.3) is 0 Å². The van der Waals surface area contributed by atoms with Gasteiger partial charge in [0.15, 0.2) is 12.2 Å². The maximum absolute atomic E-state index is 13.1. The molecule has 0 fully saturated rings. The first kappa shape index (κ1) is 101. The van der Waals surface area contributed by atoms with Crippen molar-refractivity contribution in [2.24, 2.45) is 17.8 Å². The van der Waals surface area contributed by atoms with Crippen LogP contribution < -0.4 is 0 Å². The van der Waals surface area contributed by atoms with E-state index < -0.39 is 97.5 Å². The normalized spacial score (nSPS) is 13.9. The van der Waals surface area contributed by atoms with Crippen molar-refractivity contribution in [1.29, 1.82) is 0 Å². The molecule has 0 aromatic rings. The SMILES string of the molecule is CCCCCCCCCCCCCCCCCCCCCCCCC(=O)O[C@H](COC(=O)CCCCCCCCCCCCCCC(C)C)COP(=O)(O)OC[C@@H](O)COP(=O)(O)OC[C@@H](COC(=O)CCCCCCCCCCCCC(C)C)OC(=O)CCCCCCCCCCCCC(C)C. The molecule has 0 saturated heterocycles. The van der Waals surface area contributed by atoms with Gasteiger partial charge in [-0.1, -0.05) is 389 Å². The quantitative estimate of drug-likeness (QED) is 0.0222. The molecular formula is C84H164O17P2. The number of esters is 4. The van der Waals surface area contributed by atoms with Crippen molar-refractivity contribution in [2.75, 3.05) is 39.6 Å². The Morgan fingerprint density at radius 3 is 0.660 bits per heavy atom. The second kappa shape index (κ2) is 74.2. The molecule has 2 unspecified atom stereocenters. The fourth-order valence-corrected chi connectivity index (χ4v) is 14.6. The van der Waals surface area contributed by atoms with Crippen LogP contribution in [0.3, 0.4) is 0 Å². The molecule has 17 nitrogen and oxygen atoms in total. The molecule has 0 aliphatic heterocycles. The topological polar surface area (TPSA) is 237 Å². The average molecular weight is 1510 g/mol. The summed E-state index contributed by atoms with van der Waals surface area (Å²) in [5.41, 5.74) is 0. The Bertz CT molecular complexity index is 1990. The van der Waals surface area contributed by atoms with E-state index in [9.17, 15) is 43.2 Å². The molecule has 3 N–H and O–H groups in total. The molecule has 0 rings (SSSR count). The number of ether oxygens (including phenoxy) is 4. The van der Waals surface area contributed by atoms with Gasteiger partial charge in [-0.25, -0.2) is 9.13 Å². The smallest absolute Gasteiger partial charge is 0.462 e. The van der Waals surface area contributed by atoms with Crippen molar-refractivity contribution in [1.82, 2.24) is 0 Å². The predicted octanol–water partition coefficient (Wildman–Crippen LogP) is 25.3. The van der Waals surface area contributed by atoms with E-state index in [-0.39, 0.29) is 25.7 Å². The van der Waals surface area contributed by atoms with E-state index >= 15 is 0 Å². The second-order valence-corrected chi connectivity index (χ2v) is 34.6. The third-order valence-electron chi connectivity index (χ3n) is 19.6. The summed E-state index contributed by atoms with van der Waals surface area (Å²) in [5.74, 6) is 0.184. The van der Waals surface area contributed by atoms with Crippen molar-refractivity contribution >= 4 is 39.5 Å². The Morgan fingerprint density at radius 2 is 0.447 bits per heavy atom. The molecule has 5 atom stereocenters. The summed E-state index contributed by atoms with van der Waals surface area (Å²) >= 11 is 0. The Morgan fingerprint density at radius 1 is 0.262 bits per heavy atom. The second-order valence-electron chi connectivity index (χ2n) is 31.6. The minimum absolute atomic E-state index is 0.106. The van der Waals surface area contributed by atoms with Gasteiger partial charge in [0, 0.05) is 25.7 Å². The van der Waals surface area contributed by atoms with Gasteiger partial charge in [-0.2, -0.15) is 0 Å². The lowest BCUT2D eigenvalue weighted by Gasteiger charge is -2.21. The first-order chi connectivity index (χ1) is 49.7. The van der Waals surface area contributed by atoms with Gasteiger partial charge in [0.2, 0.25) is 0 Å². The Labute approximate surface area is 632 Å². The van der Waals surface area contributed by atoms with Crippen LogP contribution in [0.4, 0.5) is 0 Å². The number of unbranched alkanes of at least 4 members (excludes halogenated alkanes) is 50. The molecule has 0 saturated carbocycles. The van der Waals surface area contributed by atoms with Gasteiger partial charge >= 0.3 is 39.5 Å². The number of aliphatic hydroxyl groups is 1. The molecule has 0 aromatic heterocycles. The number of phosphoric ester groups is 2. The summed E-state index contributed by atoms with van der Waals surface area (Å²) in [6, 6.07) is 0. The van der Waals surface area contributed by atoms with Crippen LogP contribution in [-0.2, 0) is 65.4 Å². The monoisotopic (exact) mass is 1510 g/mol. The van der Waals surface area contributed by atoms with Crippen LogP contribution in [-0.4, -0.2) is 96.7 Å². The summed E-state index contributed by atoms with van der Waals surface area (Å²) in [6.45, 7) is 12.0. The summed E-state index contributed by atoms with van der Waals surface area (Å²) in [6.07, 6.45) is 63.9. The maximum atomic E-state index is 13.1. The van der Waals surface area contributed by atoms with Gasteiger partial charge in [0.05, 0.1) is 26.4 Å². The van der Waals surface area contributed by atoms with Crippen LogP contribution >= 0.6 is 15.6 Å². The molecule has 612 valence electrons.